The summed E-state index contributed by atoms with van der Waals surface area (Å²) in [5.74, 6) is 0.447. The first-order valence-corrected chi connectivity index (χ1v) is 8.25. The average Bonchev–Trinajstić information content (AvgIpc) is 3.04. The number of amides is 1. The Bertz CT molecular complexity index is 654. The number of hydrogen-bond donors (Lipinski definition) is 3. The van der Waals surface area contributed by atoms with E-state index in [1.54, 1.807) is 42.9 Å². The summed E-state index contributed by atoms with van der Waals surface area (Å²) in [4.78, 5) is 22.5. The fraction of sp³-hybridized carbons (Fsp3) is 0.312. The highest BCUT2D eigenvalue weighted by atomic mass is 32.1. The standard InChI is InChI=1S/C16H21N5OS/c1-3-13-6-7-14(23-13)10-19-16(17-2)20-11-15(22)21-12-5-4-8-18-9-12/h4-9H,3,10-11H2,1-2H3,(H,21,22)(H2,17,19,20). The minimum Gasteiger partial charge on any atom is -0.352 e. The molecule has 0 bridgehead atoms. The fourth-order valence-corrected chi connectivity index (χ4v) is 2.80. The molecule has 0 aliphatic rings. The Kier molecular flexibility index (Phi) is 6.56. The van der Waals surface area contributed by atoms with Crippen LogP contribution in [-0.4, -0.2) is 30.4 Å². The molecule has 0 fully saturated rings. The van der Waals surface area contributed by atoms with Crippen LogP contribution in [0.4, 0.5) is 5.69 Å². The maximum Gasteiger partial charge on any atom is 0.243 e. The van der Waals surface area contributed by atoms with Gasteiger partial charge in [-0.25, -0.2) is 0 Å². The molecule has 2 aromatic rings. The zero-order chi connectivity index (χ0) is 16.5. The summed E-state index contributed by atoms with van der Waals surface area (Å²) in [6.07, 6.45) is 4.31. The SMILES string of the molecule is CCc1ccc(CNC(=NC)NCC(=O)Nc2cccnc2)s1. The van der Waals surface area contributed by atoms with Crippen molar-refractivity contribution in [3.8, 4) is 0 Å². The van der Waals surface area contributed by atoms with Gasteiger partial charge in [-0.1, -0.05) is 6.92 Å². The van der Waals surface area contributed by atoms with Crippen LogP contribution in [0.2, 0.25) is 0 Å². The number of thiophene rings is 1. The van der Waals surface area contributed by atoms with E-state index in [2.05, 4.69) is 45.0 Å². The van der Waals surface area contributed by atoms with Crippen molar-refractivity contribution in [2.75, 3.05) is 18.9 Å². The second-order valence-corrected chi connectivity index (χ2v) is 6.04. The highest BCUT2D eigenvalue weighted by Gasteiger charge is 2.05. The van der Waals surface area contributed by atoms with E-state index in [9.17, 15) is 4.79 Å². The first-order valence-electron chi connectivity index (χ1n) is 7.43. The maximum atomic E-state index is 11.9. The van der Waals surface area contributed by atoms with Gasteiger partial charge in [-0.3, -0.25) is 14.8 Å². The average molecular weight is 331 g/mol. The quantitative estimate of drug-likeness (QED) is 0.559. The molecule has 0 saturated carbocycles. The summed E-state index contributed by atoms with van der Waals surface area (Å²) < 4.78 is 0. The number of carbonyl (C=O) groups excluding carboxylic acids is 1. The molecule has 0 aromatic carbocycles. The molecule has 7 heteroatoms. The third kappa shape index (κ3) is 5.71. The molecule has 6 nitrogen and oxygen atoms in total. The Morgan fingerprint density at radius 3 is 2.74 bits per heavy atom. The normalized spacial score (nSPS) is 11.1. The minimum absolute atomic E-state index is 0.138. The highest BCUT2D eigenvalue weighted by Crippen LogP contribution is 2.16. The van der Waals surface area contributed by atoms with Crippen molar-refractivity contribution in [1.82, 2.24) is 15.6 Å². The summed E-state index contributed by atoms with van der Waals surface area (Å²) in [6.45, 7) is 2.97. The van der Waals surface area contributed by atoms with E-state index in [4.69, 9.17) is 0 Å². The van der Waals surface area contributed by atoms with Gasteiger partial charge in [0.2, 0.25) is 5.91 Å². The van der Waals surface area contributed by atoms with Gasteiger partial charge in [0.05, 0.1) is 25.0 Å². The van der Waals surface area contributed by atoms with Gasteiger partial charge in [0.1, 0.15) is 0 Å². The molecule has 122 valence electrons. The van der Waals surface area contributed by atoms with E-state index in [1.807, 2.05) is 0 Å². The van der Waals surface area contributed by atoms with Crippen LogP contribution in [0.15, 0.2) is 41.7 Å². The second kappa shape index (κ2) is 8.89. The summed E-state index contributed by atoms with van der Waals surface area (Å²) in [5.41, 5.74) is 0.674. The Labute approximate surface area is 140 Å². The van der Waals surface area contributed by atoms with Crippen LogP contribution in [0, 0.1) is 0 Å². The van der Waals surface area contributed by atoms with E-state index < -0.39 is 0 Å². The highest BCUT2D eigenvalue weighted by molar-refractivity contribution is 7.11. The third-order valence-electron chi connectivity index (χ3n) is 3.08. The largest absolute Gasteiger partial charge is 0.352 e. The van der Waals surface area contributed by atoms with Crippen LogP contribution in [0.3, 0.4) is 0 Å². The molecular weight excluding hydrogens is 310 g/mol. The van der Waals surface area contributed by atoms with Crippen molar-refractivity contribution in [3.63, 3.8) is 0 Å². The van der Waals surface area contributed by atoms with Crippen LogP contribution < -0.4 is 16.0 Å². The van der Waals surface area contributed by atoms with Crippen molar-refractivity contribution in [3.05, 3.63) is 46.4 Å². The number of hydrogen-bond acceptors (Lipinski definition) is 4. The number of anilines is 1. The Morgan fingerprint density at radius 2 is 2.09 bits per heavy atom. The first-order chi connectivity index (χ1) is 11.2. The number of nitrogens with one attached hydrogen (secondary N) is 3. The molecule has 0 radical (unpaired) electrons. The molecule has 2 rings (SSSR count). The van der Waals surface area contributed by atoms with Crippen molar-refractivity contribution < 1.29 is 4.79 Å². The molecule has 0 aliphatic carbocycles. The lowest BCUT2D eigenvalue weighted by molar-refractivity contribution is -0.115. The van der Waals surface area contributed by atoms with Crippen LogP contribution in [0.25, 0.3) is 0 Å². The second-order valence-electron chi connectivity index (χ2n) is 4.79. The lowest BCUT2D eigenvalue weighted by Gasteiger charge is -2.11. The summed E-state index contributed by atoms with van der Waals surface area (Å²) in [7, 11) is 1.68. The Balaban J connectivity index is 1.75. The fourth-order valence-electron chi connectivity index (χ4n) is 1.90. The summed E-state index contributed by atoms with van der Waals surface area (Å²) in [5, 5.41) is 8.95. The Hall–Kier alpha value is -2.41. The van der Waals surface area contributed by atoms with Gasteiger partial charge in [0, 0.05) is 23.0 Å². The smallest absolute Gasteiger partial charge is 0.243 e. The molecule has 1 amide bonds. The number of aryl methyl sites for hydroxylation is 1. The predicted molar refractivity (Wildman–Crippen MR) is 94.8 cm³/mol. The van der Waals surface area contributed by atoms with Gasteiger partial charge >= 0.3 is 0 Å². The number of guanidine groups is 1. The van der Waals surface area contributed by atoms with Gasteiger partial charge in [-0.05, 0) is 30.7 Å². The van der Waals surface area contributed by atoms with Gasteiger partial charge in [-0.15, -0.1) is 11.3 Å². The van der Waals surface area contributed by atoms with E-state index in [1.165, 1.54) is 9.75 Å². The van der Waals surface area contributed by atoms with Crippen LogP contribution in [0.5, 0.6) is 0 Å². The number of carbonyl (C=O) groups is 1. The van der Waals surface area contributed by atoms with Crippen molar-refractivity contribution in [2.24, 2.45) is 4.99 Å². The molecule has 0 aliphatic heterocycles. The van der Waals surface area contributed by atoms with Crippen molar-refractivity contribution >= 4 is 28.9 Å². The van der Waals surface area contributed by atoms with Gasteiger partial charge in [0.15, 0.2) is 5.96 Å². The number of aromatic nitrogens is 1. The van der Waals surface area contributed by atoms with E-state index in [0.29, 0.717) is 18.2 Å². The van der Waals surface area contributed by atoms with Crippen LogP contribution in [0.1, 0.15) is 16.7 Å². The molecule has 0 unspecified atom stereocenters. The monoisotopic (exact) mass is 331 g/mol. The van der Waals surface area contributed by atoms with E-state index in [-0.39, 0.29) is 12.5 Å². The van der Waals surface area contributed by atoms with Crippen molar-refractivity contribution in [1.29, 1.82) is 0 Å². The molecule has 2 aromatic heterocycles. The zero-order valence-electron chi connectivity index (χ0n) is 13.3. The van der Waals surface area contributed by atoms with Crippen LogP contribution >= 0.6 is 11.3 Å². The van der Waals surface area contributed by atoms with E-state index in [0.717, 1.165) is 6.42 Å². The van der Waals surface area contributed by atoms with Crippen molar-refractivity contribution in [2.45, 2.75) is 19.9 Å². The molecule has 0 saturated heterocycles. The van der Waals surface area contributed by atoms with E-state index >= 15 is 0 Å². The predicted octanol–water partition coefficient (Wildman–Crippen LogP) is 2.01. The third-order valence-corrected chi connectivity index (χ3v) is 4.31. The molecule has 0 spiro atoms. The molecule has 23 heavy (non-hydrogen) atoms. The molecule has 2 heterocycles. The minimum atomic E-state index is -0.148. The molecule has 3 N–H and O–H groups in total. The summed E-state index contributed by atoms with van der Waals surface area (Å²) in [6, 6.07) is 7.81. The number of aliphatic imine (C=N–C) groups is 1. The number of nitrogens with zero attached hydrogens (tertiary/aromatic N) is 2. The van der Waals surface area contributed by atoms with Gasteiger partial charge in [0.25, 0.3) is 0 Å². The van der Waals surface area contributed by atoms with Gasteiger partial charge in [-0.2, -0.15) is 0 Å². The lowest BCUT2D eigenvalue weighted by Crippen LogP contribution is -2.40. The first kappa shape index (κ1) is 17.0. The van der Waals surface area contributed by atoms with Gasteiger partial charge < -0.3 is 16.0 Å². The topological polar surface area (TPSA) is 78.4 Å². The maximum absolute atomic E-state index is 11.9. The number of rotatable bonds is 6. The molecular formula is C16H21N5OS. The summed E-state index contributed by atoms with van der Waals surface area (Å²) >= 11 is 1.78. The molecule has 0 atom stereocenters. The Morgan fingerprint density at radius 1 is 1.26 bits per heavy atom. The number of pyridine rings is 1. The van der Waals surface area contributed by atoms with Crippen LogP contribution in [-0.2, 0) is 17.8 Å². The lowest BCUT2D eigenvalue weighted by atomic mass is 10.3. The zero-order valence-corrected chi connectivity index (χ0v) is 14.1.